The summed E-state index contributed by atoms with van der Waals surface area (Å²) in [6.07, 6.45) is 5.20. The Morgan fingerprint density at radius 1 is 1.00 bits per heavy atom. The van der Waals surface area contributed by atoms with Gasteiger partial charge in [-0.1, -0.05) is 36.4 Å². The van der Waals surface area contributed by atoms with Crippen LogP contribution in [0.1, 0.15) is 29.0 Å². The van der Waals surface area contributed by atoms with Gasteiger partial charge < -0.3 is 10.1 Å². The number of hydrogen-bond acceptors (Lipinski definition) is 4. The maximum atomic E-state index is 12.0. The quantitative estimate of drug-likeness (QED) is 0.571. The van der Waals surface area contributed by atoms with Crippen molar-refractivity contribution >= 4 is 17.4 Å². The molecule has 2 heterocycles. The Labute approximate surface area is 157 Å². The first kappa shape index (κ1) is 18.1. The normalized spacial score (nSPS) is 10.5. The number of carbonyl (C=O) groups is 1. The van der Waals surface area contributed by atoms with E-state index in [9.17, 15) is 4.79 Å². The molecule has 3 rings (SSSR count). The van der Waals surface area contributed by atoms with Crippen molar-refractivity contribution in [3.05, 3.63) is 82.3 Å². The van der Waals surface area contributed by atoms with E-state index in [1.165, 1.54) is 5.56 Å². The maximum Gasteiger partial charge on any atom is 0.412 e. The van der Waals surface area contributed by atoms with E-state index in [2.05, 4.69) is 34.6 Å². The van der Waals surface area contributed by atoms with Gasteiger partial charge in [0.05, 0.1) is 12.2 Å². The zero-order chi connectivity index (χ0) is 18.0. The van der Waals surface area contributed by atoms with Gasteiger partial charge in [-0.25, -0.2) is 4.79 Å². The molecule has 0 aliphatic heterocycles. The summed E-state index contributed by atoms with van der Waals surface area (Å²) in [4.78, 5) is 17.5. The van der Waals surface area contributed by atoms with Crippen LogP contribution in [-0.2, 0) is 19.4 Å². The van der Waals surface area contributed by atoms with Gasteiger partial charge in [0.15, 0.2) is 5.75 Å². The third-order valence-electron chi connectivity index (χ3n) is 4.01. The van der Waals surface area contributed by atoms with E-state index in [1.54, 1.807) is 29.7 Å². The number of nitrogens with zero attached hydrogens (tertiary/aromatic N) is 1. The summed E-state index contributed by atoms with van der Waals surface area (Å²) in [6, 6.07) is 18.0. The number of nitrogens with one attached hydrogen (secondary N) is 1. The van der Waals surface area contributed by atoms with Crippen molar-refractivity contribution in [2.24, 2.45) is 0 Å². The molecule has 0 radical (unpaired) electrons. The van der Waals surface area contributed by atoms with Crippen LogP contribution in [0.4, 0.5) is 4.79 Å². The van der Waals surface area contributed by atoms with Gasteiger partial charge in [-0.2, -0.15) is 0 Å². The van der Waals surface area contributed by atoms with E-state index in [-0.39, 0.29) is 0 Å². The third-order valence-corrected chi connectivity index (χ3v) is 4.89. The van der Waals surface area contributed by atoms with Crippen LogP contribution >= 0.6 is 11.3 Å². The summed E-state index contributed by atoms with van der Waals surface area (Å²) < 4.78 is 5.45. The highest BCUT2D eigenvalue weighted by Gasteiger charge is 2.10. The average Bonchev–Trinajstić information content (AvgIpc) is 3.19. The van der Waals surface area contributed by atoms with Crippen LogP contribution in [0, 0.1) is 0 Å². The molecule has 1 N–H and O–H groups in total. The molecule has 3 aromatic rings. The van der Waals surface area contributed by atoms with Crippen molar-refractivity contribution < 1.29 is 9.53 Å². The van der Waals surface area contributed by atoms with Gasteiger partial charge >= 0.3 is 6.09 Å². The highest BCUT2D eigenvalue weighted by molar-refractivity contribution is 7.09. The minimum Gasteiger partial charge on any atom is -0.408 e. The Morgan fingerprint density at radius 3 is 2.65 bits per heavy atom. The Balaban J connectivity index is 1.47. The van der Waals surface area contributed by atoms with Gasteiger partial charge in [0, 0.05) is 11.1 Å². The minimum atomic E-state index is -0.447. The molecule has 0 aliphatic carbocycles. The maximum absolute atomic E-state index is 12.0. The molecule has 0 spiro atoms. The standard InChI is InChI=1S/C21H22N2O2S/c24-21(23-16-18-11-7-15-26-18)25-20-13-6-14-22-19(20)12-5-4-10-17-8-2-1-3-9-17/h1-3,6-9,11,13-15H,4-5,10,12,16H2,(H,23,24). The molecule has 1 amide bonds. The van der Waals surface area contributed by atoms with Crippen molar-refractivity contribution in [3.8, 4) is 5.75 Å². The van der Waals surface area contributed by atoms with Gasteiger partial charge in [-0.05, 0) is 54.8 Å². The molecule has 0 atom stereocenters. The van der Waals surface area contributed by atoms with Crippen molar-refractivity contribution in [3.63, 3.8) is 0 Å². The monoisotopic (exact) mass is 366 g/mol. The lowest BCUT2D eigenvalue weighted by atomic mass is 10.1. The first-order valence-corrected chi connectivity index (χ1v) is 9.65. The number of amides is 1. The fourth-order valence-electron chi connectivity index (χ4n) is 2.68. The number of hydrogen-bond donors (Lipinski definition) is 1. The van der Waals surface area contributed by atoms with Crippen molar-refractivity contribution in [1.82, 2.24) is 10.3 Å². The number of benzene rings is 1. The van der Waals surface area contributed by atoms with Crippen molar-refractivity contribution in [2.45, 2.75) is 32.2 Å². The number of ether oxygens (including phenoxy) is 1. The highest BCUT2D eigenvalue weighted by Crippen LogP contribution is 2.18. The molecule has 4 nitrogen and oxygen atoms in total. The van der Waals surface area contributed by atoms with E-state index in [4.69, 9.17) is 4.74 Å². The van der Waals surface area contributed by atoms with Crippen LogP contribution in [-0.4, -0.2) is 11.1 Å². The molecular formula is C21H22N2O2S. The number of carbonyl (C=O) groups excluding carboxylic acids is 1. The van der Waals surface area contributed by atoms with Gasteiger partial charge in [0.25, 0.3) is 0 Å². The molecule has 26 heavy (non-hydrogen) atoms. The van der Waals surface area contributed by atoms with Gasteiger partial charge in [0.1, 0.15) is 0 Å². The van der Waals surface area contributed by atoms with E-state index in [0.29, 0.717) is 12.3 Å². The number of aryl methyl sites for hydroxylation is 2. The Kier molecular flexibility index (Phi) is 6.79. The molecule has 5 heteroatoms. The number of unbranched alkanes of at least 4 members (excludes halogenated alkanes) is 1. The second kappa shape index (κ2) is 9.73. The minimum absolute atomic E-state index is 0.447. The molecule has 0 unspecified atom stereocenters. The van der Waals surface area contributed by atoms with Crippen LogP contribution in [0.15, 0.2) is 66.2 Å². The molecule has 0 bridgehead atoms. The molecule has 2 aromatic heterocycles. The lowest BCUT2D eigenvalue weighted by Crippen LogP contribution is -2.26. The summed E-state index contributed by atoms with van der Waals surface area (Å²) in [7, 11) is 0. The topological polar surface area (TPSA) is 51.2 Å². The zero-order valence-corrected chi connectivity index (χ0v) is 15.4. The van der Waals surface area contributed by atoms with Gasteiger partial charge in [-0.3, -0.25) is 4.98 Å². The Morgan fingerprint density at radius 2 is 1.85 bits per heavy atom. The van der Waals surface area contributed by atoms with E-state index >= 15 is 0 Å². The summed E-state index contributed by atoms with van der Waals surface area (Å²) in [5.41, 5.74) is 2.17. The number of aromatic nitrogens is 1. The molecule has 0 fully saturated rings. The van der Waals surface area contributed by atoms with Crippen molar-refractivity contribution in [2.75, 3.05) is 0 Å². The zero-order valence-electron chi connectivity index (χ0n) is 14.6. The second-order valence-corrected chi connectivity index (χ2v) is 7.00. The number of thiophene rings is 1. The SMILES string of the molecule is O=C(NCc1cccs1)Oc1cccnc1CCCCc1ccccc1. The van der Waals surface area contributed by atoms with E-state index in [0.717, 1.165) is 36.3 Å². The summed E-state index contributed by atoms with van der Waals surface area (Å²) in [5.74, 6) is 0.538. The molecule has 0 saturated heterocycles. The predicted octanol–water partition coefficient (Wildman–Crippen LogP) is 5.00. The van der Waals surface area contributed by atoms with Crippen LogP contribution in [0.5, 0.6) is 5.75 Å². The van der Waals surface area contributed by atoms with Gasteiger partial charge in [0.2, 0.25) is 0 Å². The molecule has 0 saturated carbocycles. The summed E-state index contributed by atoms with van der Waals surface area (Å²) in [5, 5.41) is 4.75. The van der Waals surface area contributed by atoms with Crippen LogP contribution < -0.4 is 10.1 Å². The molecule has 0 aliphatic rings. The smallest absolute Gasteiger partial charge is 0.408 e. The number of pyridine rings is 1. The average molecular weight is 366 g/mol. The Bertz CT molecular complexity index is 804. The van der Waals surface area contributed by atoms with Crippen LogP contribution in [0.25, 0.3) is 0 Å². The van der Waals surface area contributed by atoms with E-state index < -0.39 is 6.09 Å². The first-order valence-electron chi connectivity index (χ1n) is 8.77. The summed E-state index contributed by atoms with van der Waals surface area (Å²) in [6.45, 7) is 0.475. The number of rotatable bonds is 8. The van der Waals surface area contributed by atoms with Gasteiger partial charge in [-0.15, -0.1) is 11.3 Å². The van der Waals surface area contributed by atoms with Crippen LogP contribution in [0.3, 0.4) is 0 Å². The molecular weight excluding hydrogens is 344 g/mol. The fourth-order valence-corrected chi connectivity index (χ4v) is 3.32. The predicted molar refractivity (Wildman–Crippen MR) is 105 cm³/mol. The molecule has 134 valence electrons. The fraction of sp³-hybridized carbons (Fsp3) is 0.238. The largest absolute Gasteiger partial charge is 0.412 e. The Hall–Kier alpha value is -2.66. The third kappa shape index (κ3) is 5.70. The highest BCUT2D eigenvalue weighted by atomic mass is 32.1. The second-order valence-electron chi connectivity index (χ2n) is 5.96. The van der Waals surface area contributed by atoms with Crippen LogP contribution in [0.2, 0.25) is 0 Å². The molecule has 1 aromatic carbocycles. The lowest BCUT2D eigenvalue weighted by molar-refractivity contribution is 0.199. The van der Waals surface area contributed by atoms with E-state index in [1.807, 2.05) is 23.6 Å². The summed E-state index contributed by atoms with van der Waals surface area (Å²) >= 11 is 1.60. The van der Waals surface area contributed by atoms with Crippen molar-refractivity contribution in [1.29, 1.82) is 0 Å². The lowest BCUT2D eigenvalue weighted by Gasteiger charge is -2.10. The first-order chi connectivity index (χ1) is 12.8.